The number of amides is 1. The van der Waals surface area contributed by atoms with E-state index in [0.717, 1.165) is 6.42 Å². The Morgan fingerprint density at radius 3 is 2.94 bits per heavy atom. The smallest absolute Gasteiger partial charge is 0.267 e. The molecule has 2 N–H and O–H groups in total. The van der Waals surface area contributed by atoms with E-state index in [2.05, 4.69) is 5.32 Å². The van der Waals surface area contributed by atoms with Crippen LogP contribution in [0, 0.1) is 0 Å². The molecule has 0 fully saturated rings. The molecule has 0 saturated heterocycles. The van der Waals surface area contributed by atoms with E-state index in [9.17, 15) is 4.79 Å². The molecule has 0 radical (unpaired) electrons. The predicted molar refractivity (Wildman–Crippen MR) is 63.8 cm³/mol. The lowest BCUT2D eigenvalue weighted by Crippen LogP contribution is -2.26. The number of hydrogen-bond donors (Lipinski definition) is 2. The van der Waals surface area contributed by atoms with Gasteiger partial charge in [0.2, 0.25) is 0 Å². The topological polar surface area (TPSA) is 54.3 Å². The van der Waals surface area contributed by atoms with E-state index in [4.69, 9.17) is 16.7 Å². The van der Waals surface area contributed by atoms with Crippen molar-refractivity contribution >= 4 is 17.5 Å². The SMILES string of the molecule is CCn1cc(Cl)cc1C(=O)NCCCCO. The average Bonchev–Trinajstić information content (AvgIpc) is 2.65. The molecule has 0 spiro atoms. The molecular weight excluding hydrogens is 228 g/mol. The van der Waals surface area contributed by atoms with Crippen LogP contribution in [0.15, 0.2) is 12.3 Å². The summed E-state index contributed by atoms with van der Waals surface area (Å²) in [5.74, 6) is -0.119. The fourth-order valence-electron chi connectivity index (χ4n) is 1.46. The molecule has 0 aromatic carbocycles. The van der Waals surface area contributed by atoms with Gasteiger partial charge in [-0.05, 0) is 25.8 Å². The summed E-state index contributed by atoms with van der Waals surface area (Å²) >= 11 is 5.84. The van der Waals surface area contributed by atoms with E-state index in [1.807, 2.05) is 11.5 Å². The van der Waals surface area contributed by atoms with Crippen LogP contribution in [0.1, 0.15) is 30.3 Å². The Kier molecular flexibility index (Phi) is 5.35. The number of aromatic nitrogens is 1. The van der Waals surface area contributed by atoms with Gasteiger partial charge in [0.15, 0.2) is 0 Å². The molecule has 1 aromatic rings. The Hall–Kier alpha value is -1.00. The summed E-state index contributed by atoms with van der Waals surface area (Å²) in [4.78, 5) is 11.7. The molecule has 1 heterocycles. The Bertz CT molecular complexity index is 350. The van der Waals surface area contributed by atoms with Crippen molar-refractivity contribution in [2.45, 2.75) is 26.3 Å². The lowest BCUT2D eigenvalue weighted by Gasteiger charge is -2.06. The maximum Gasteiger partial charge on any atom is 0.267 e. The lowest BCUT2D eigenvalue weighted by atomic mass is 10.3. The minimum absolute atomic E-state index is 0.119. The lowest BCUT2D eigenvalue weighted by molar-refractivity contribution is 0.0943. The van der Waals surface area contributed by atoms with Gasteiger partial charge in [-0.2, -0.15) is 0 Å². The molecule has 90 valence electrons. The zero-order chi connectivity index (χ0) is 12.0. The molecule has 0 unspecified atom stereocenters. The van der Waals surface area contributed by atoms with Gasteiger partial charge in [0, 0.05) is 25.9 Å². The summed E-state index contributed by atoms with van der Waals surface area (Å²) in [6.07, 6.45) is 3.23. The molecule has 0 aliphatic heterocycles. The second-order valence-electron chi connectivity index (χ2n) is 3.52. The summed E-state index contributed by atoms with van der Waals surface area (Å²) in [6, 6.07) is 1.66. The number of carbonyl (C=O) groups is 1. The highest BCUT2D eigenvalue weighted by Gasteiger charge is 2.11. The minimum Gasteiger partial charge on any atom is -0.396 e. The third kappa shape index (κ3) is 3.54. The monoisotopic (exact) mass is 244 g/mol. The number of hydrogen-bond acceptors (Lipinski definition) is 2. The first-order valence-corrected chi connectivity index (χ1v) is 5.81. The highest BCUT2D eigenvalue weighted by atomic mass is 35.5. The summed E-state index contributed by atoms with van der Waals surface area (Å²) in [7, 11) is 0. The third-order valence-electron chi connectivity index (χ3n) is 2.31. The largest absolute Gasteiger partial charge is 0.396 e. The van der Waals surface area contributed by atoms with Gasteiger partial charge in [0.05, 0.1) is 5.02 Å². The van der Waals surface area contributed by atoms with Gasteiger partial charge in [-0.25, -0.2) is 0 Å². The Morgan fingerprint density at radius 1 is 1.56 bits per heavy atom. The third-order valence-corrected chi connectivity index (χ3v) is 2.51. The first-order chi connectivity index (χ1) is 7.69. The van der Waals surface area contributed by atoms with Crippen LogP contribution >= 0.6 is 11.6 Å². The van der Waals surface area contributed by atoms with Crippen LogP contribution in [0.2, 0.25) is 5.02 Å². The second kappa shape index (κ2) is 6.55. The summed E-state index contributed by atoms with van der Waals surface area (Å²) in [6.45, 7) is 3.41. The maximum absolute atomic E-state index is 11.7. The number of aliphatic hydroxyl groups excluding tert-OH is 1. The molecular formula is C11H17ClN2O2. The first-order valence-electron chi connectivity index (χ1n) is 5.43. The maximum atomic E-state index is 11.7. The number of nitrogens with one attached hydrogen (secondary N) is 1. The molecule has 1 aromatic heterocycles. The van der Waals surface area contributed by atoms with Crippen LogP contribution < -0.4 is 5.32 Å². The van der Waals surface area contributed by atoms with Crippen LogP contribution in [0.5, 0.6) is 0 Å². The second-order valence-corrected chi connectivity index (χ2v) is 3.95. The van der Waals surface area contributed by atoms with Crippen LogP contribution in [0.4, 0.5) is 0 Å². The Balaban J connectivity index is 2.51. The number of halogens is 1. The summed E-state index contributed by atoms with van der Waals surface area (Å²) in [5.41, 5.74) is 0.580. The van der Waals surface area contributed by atoms with E-state index in [0.29, 0.717) is 30.2 Å². The Labute approximate surface area is 100 Å². The van der Waals surface area contributed by atoms with Crippen molar-refractivity contribution in [1.82, 2.24) is 9.88 Å². The molecule has 16 heavy (non-hydrogen) atoms. The van der Waals surface area contributed by atoms with E-state index in [1.165, 1.54) is 0 Å². The van der Waals surface area contributed by atoms with Crippen molar-refractivity contribution in [3.05, 3.63) is 23.0 Å². The van der Waals surface area contributed by atoms with Gasteiger partial charge in [0.25, 0.3) is 5.91 Å². The molecule has 0 aliphatic rings. The van der Waals surface area contributed by atoms with Gasteiger partial charge in [-0.15, -0.1) is 0 Å². The van der Waals surface area contributed by atoms with Crippen molar-refractivity contribution in [3.8, 4) is 0 Å². The molecule has 4 nitrogen and oxygen atoms in total. The standard InChI is InChI=1S/C11H17ClN2O2/c1-2-14-8-9(12)7-10(14)11(16)13-5-3-4-6-15/h7-8,15H,2-6H2,1H3,(H,13,16). The highest BCUT2D eigenvalue weighted by molar-refractivity contribution is 6.31. The van der Waals surface area contributed by atoms with Crippen molar-refractivity contribution in [1.29, 1.82) is 0 Å². The normalized spacial score (nSPS) is 10.4. The molecule has 0 bridgehead atoms. The van der Waals surface area contributed by atoms with E-state index in [1.54, 1.807) is 12.3 Å². The molecule has 1 rings (SSSR count). The minimum atomic E-state index is -0.119. The van der Waals surface area contributed by atoms with Crippen molar-refractivity contribution in [2.75, 3.05) is 13.2 Å². The number of aliphatic hydroxyl groups is 1. The van der Waals surface area contributed by atoms with E-state index >= 15 is 0 Å². The van der Waals surface area contributed by atoms with Crippen molar-refractivity contribution in [3.63, 3.8) is 0 Å². The van der Waals surface area contributed by atoms with Crippen molar-refractivity contribution in [2.24, 2.45) is 0 Å². The zero-order valence-corrected chi connectivity index (χ0v) is 10.1. The molecule has 0 aliphatic carbocycles. The van der Waals surface area contributed by atoms with Gasteiger partial charge >= 0.3 is 0 Å². The van der Waals surface area contributed by atoms with Crippen molar-refractivity contribution < 1.29 is 9.90 Å². The van der Waals surface area contributed by atoms with E-state index in [-0.39, 0.29) is 12.5 Å². The quantitative estimate of drug-likeness (QED) is 0.748. The zero-order valence-electron chi connectivity index (χ0n) is 9.37. The predicted octanol–water partition coefficient (Wildman–Crippen LogP) is 1.66. The van der Waals surface area contributed by atoms with Crippen LogP contribution in [0.3, 0.4) is 0 Å². The van der Waals surface area contributed by atoms with Crippen LogP contribution in [-0.2, 0) is 6.54 Å². The summed E-state index contributed by atoms with van der Waals surface area (Å²) in [5, 5.41) is 12.0. The fourth-order valence-corrected chi connectivity index (χ4v) is 1.68. The number of nitrogens with zero attached hydrogens (tertiary/aromatic N) is 1. The van der Waals surface area contributed by atoms with Crippen LogP contribution in [-0.4, -0.2) is 28.7 Å². The van der Waals surface area contributed by atoms with Gasteiger partial charge < -0.3 is 15.0 Å². The summed E-state index contributed by atoms with van der Waals surface area (Å²) < 4.78 is 1.81. The average molecular weight is 245 g/mol. The number of carbonyl (C=O) groups excluding carboxylic acids is 1. The van der Waals surface area contributed by atoms with Gasteiger partial charge in [-0.3, -0.25) is 4.79 Å². The number of unbranched alkanes of at least 4 members (excludes halogenated alkanes) is 1. The molecule has 5 heteroatoms. The first kappa shape index (κ1) is 13.1. The van der Waals surface area contributed by atoms with Gasteiger partial charge in [0.1, 0.15) is 5.69 Å². The molecule has 0 atom stereocenters. The Morgan fingerprint density at radius 2 is 2.31 bits per heavy atom. The van der Waals surface area contributed by atoms with E-state index < -0.39 is 0 Å². The fraction of sp³-hybridized carbons (Fsp3) is 0.545. The van der Waals surface area contributed by atoms with Crippen LogP contribution in [0.25, 0.3) is 0 Å². The highest BCUT2D eigenvalue weighted by Crippen LogP contribution is 2.13. The number of rotatable bonds is 6. The van der Waals surface area contributed by atoms with Gasteiger partial charge in [-0.1, -0.05) is 11.6 Å². The molecule has 1 amide bonds. The number of aryl methyl sites for hydroxylation is 1. The molecule has 0 saturated carbocycles.